The van der Waals surface area contributed by atoms with Crippen LogP contribution in [0.25, 0.3) is 0 Å². The molecule has 0 aromatic carbocycles. The van der Waals surface area contributed by atoms with Gasteiger partial charge >= 0.3 is 5.97 Å². The van der Waals surface area contributed by atoms with E-state index in [1.165, 1.54) is 16.7 Å². The summed E-state index contributed by atoms with van der Waals surface area (Å²) in [5.41, 5.74) is 0.551. The normalized spacial score (nSPS) is 23.1. The molecular weight excluding hydrogens is 264 g/mol. The average Bonchev–Trinajstić information content (AvgIpc) is 2.93. The predicted molar refractivity (Wildman–Crippen MR) is 74.3 cm³/mol. The maximum Gasteiger partial charge on any atom is 0.327 e. The van der Waals surface area contributed by atoms with Gasteiger partial charge in [0.2, 0.25) is 0 Å². The lowest BCUT2D eigenvalue weighted by Gasteiger charge is -2.26. The van der Waals surface area contributed by atoms with E-state index in [-0.39, 0.29) is 17.3 Å². The molecule has 6 heteroatoms. The van der Waals surface area contributed by atoms with Crippen LogP contribution >= 0.6 is 11.8 Å². The van der Waals surface area contributed by atoms with Crippen LogP contribution in [-0.2, 0) is 4.79 Å². The first-order chi connectivity index (χ1) is 8.93. The molecule has 1 aliphatic rings. The van der Waals surface area contributed by atoms with Crippen molar-refractivity contribution in [2.75, 3.05) is 5.75 Å². The van der Waals surface area contributed by atoms with E-state index in [0.717, 1.165) is 0 Å². The van der Waals surface area contributed by atoms with Crippen molar-refractivity contribution in [2.45, 2.75) is 38.2 Å². The Hall–Kier alpha value is -1.43. The summed E-state index contributed by atoms with van der Waals surface area (Å²) in [6.07, 6.45) is 1.85. The highest BCUT2D eigenvalue weighted by Gasteiger charge is 2.40. The van der Waals surface area contributed by atoms with Crippen LogP contribution in [-0.4, -0.2) is 43.6 Å². The zero-order valence-electron chi connectivity index (χ0n) is 11.2. The van der Waals surface area contributed by atoms with Crippen LogP contribution < -0.4 is 0 Å². The minimum absolute atomic E-state index is 0.107. The summed E-state index contributed by atoms with van der Waals surface area (Å²) in [7, 11) is 0. The first kappa shape index (κ1) is 14.0. The smallest absolute Gasteiger partial charge is 0.327 e. The molecule has 1 N–H and O–H groups in total. The zero-order chi connectivity index (χ0) is 14.2. The van der Waals surface area contributed by atoms with Crippen molar-refractivity contribution >= 4 is 23.6 Å². The number of aliphatic carboxylic acids is 1. The van der Waals surface area contributed by atoms with E-state index < -0.39 is 12.0 Å². The third kappa shape index (κ3) is 2.49. The van der Waals surface area contributed by atoms with Gasteiger partial charge in [-0.05, 0) is 32.9 Å². The van der Waals surface area contributed by atoms with E-state index in [9.17, 15) is 14.7 Å². The minimum atomic E-state index is -0.937. The SMILES string of the molecule is CC1SCC(C(=O)O)N1C(=O)c1cccn1C(C)C. The molecule has 1 saturated heterocycles. The van der Waals surface area contributed by atoms with E-state index in [0.29, 0.717) is 11.4 Å². The largest absolute Gasteiger partial charge is 0.480 e. The Kier molecular flexibility index (Phi) is 3.89. The molecule has 1 aromatic heterocycles. The molecule has 0 spiro atoms. The third-order valence-electron chi connectivity index (χ3n) is 3.30. The van der Waals surface area contributed by atoms with Crippen molar-refractivity contribution < 1.29 is 14.7 Å². The van der Waals surface area contributed by atoms with Crippen LogP contribution in [0.3, 0.4) is 0 Å². The van der Waals surface area contributed by atoms with Crippen molar-refractivity contribution in [1.29, 1.82) is 0 Å². The molecule has 0 bridgehead atoms. The van der Waals surface area contributed by atoms with E-state index in [1.807, 2.05) is 37.6 Å². The van der Waals surface area contributed by atoms with E-state index in [1.54, 1.807) is 6.07 Å². The lowest BCUT2D eigenvalue weighted by atomic mass is 10.2. The maximum atomic E-state index is 12.6. The minimum Gasteiger partial charge on any atom is -0.480 e. The van der Waals surface area contributed by atoms with E-state index >= 15 is 0 Å². The summed E-state index contributed by atoms with van der Waals surface area (Å²) in [6.45, 7) is 5.86. The third-order valence-corrected chi connectivity index (χ3v) is 4.51. The summed E-state index contributed by atoms with van der Waals surface area (Å²) in [5, 5.41) is 9.11. The first-order valence-electron chi connectivity index (χ1n) is 6.27. The molecule has 104 valence electrons. The Bertz CT molecular complexity index is 498. The van der Waals surface area contributed by atoms with Crippen LogP contribution in [0.4, 0.5) is 0 Å². The number of carbonyl (C=O) groups is 2. The maximum absolute atomic E-state index is 12.6. The number of nitrogens with zero attached hydrogens (tertiary/aromatic N) is 2. The average molecular weight is 282 g/mol. The molecule has 1 fully saturated rings. The van der Waals surface area contributed by atoms with Gasteiger partial charge in [-0.15, -0.1) is 11.8 Å². The Balaban J connectivity index is 2.32. The summed E-state index contributed by atoms with van der Waals surface area (Å²) in [4.78, 5) is 25.3. The van der Waals surface area contributed by atoms with Gasteiger partial charge in [0, 0.05) is 18.0 Å². The van der Waals surface area contributed by atoms with Gasteiger partial charge in [-0.1, -0.05) is 0 Å². The number of amides is 1. The monoisotopic (exact) mass is 282 g/mol. The first-order valence-corrected chi connectivity index (χ1v) is 7.32. The number of aromatic nitrogens is 1. The van der Waals surface area contributed by atoms with Crippen LogP contribution in [0.15, 0.2) is 18.3 Å². The number of carbonyl (C=O) groups excluding carboxylic acids is 1. The second-order valence-corrected chi connectivity index (χ2v) is 6.24. The van der Waals surface area contributed by atoms with Crippen LogP contribution in [0.2, 0.25) is 0 Å². The van der Waals surface area contributed by atoms with Crippen molar-refractivity contribution in [3.63, 3.8) is 0 Å². The molecule has 2 rings (SSSR count). The molecule has 0 aliphatic carbocycles. The van der Waals surface area contributed by atoms with Gasteiger partial charge in [-0.3, -0.25) is 4.79 Å². The van der Waals surface area contributed by atoms with Gasteiger partial charge < -0.3 is 14.6 Å². The fraction of sp³-hybridized carbons (Fsp3) is 0.538. The fourth-order valence-corrected chi connectivity index (χ4v) is 3.47. The molecule has 2 unspecified atom stereocenters. The second-order valence-electron chi connectivity index (χ2n) is 4.89. The highest BCUT2D eigenvalue weighted by Crippen LogP contribution is 2.30. The highest BCUT2D eigenvalue weighted by molar-refractivity contribution is 8.00. The summed E-state index contributed by atoms with van der Waals surface area (Å²) < 4.78 is 1.87. The number of carboxylic acids is 1. The Labute approximate surface area is 116 Å². The summed E-state index contributed by atoms with van der Waals surface area (Å²) in [6, 6.07) is 3.00. The number of hydrogen-bond donors (Lipinski definition) is 1. The van der Waals surface area contributed by atoms with Gasteiger partial charge in [0.25, 0.3) is 5.91 Å². The number of hydrogen-bond acceptors (Lipinski definition) is 3. The predicted octanol–water partition coefficient (Wildman–Crippen LogP) is 2.06. The van der Waals surface area contributed by atoms with Crippen molar-refractivity contribution in [3.05, 3.63) is 24.0 Å². The Morgan fingerprint density at radius 3 is 2.74 bits per heavy atom. The molecule has 1 aromatic rings. The van der Waals surface area contributed by atoms with Crippen LogP contribution in [0.1, 0.15) is 37.3 Å². The van der Waals surface area contributed by atoms with E-state index in [2.05, 4.69) is 0 Å². The lowest BCUT2D eigenvalue weighted by Crippen LogP contribution is -2.45. The molecule has 5 nitrogen and oxygen atoms in total. The highest BCUT2D eigenvalue weighted by atomic mass is 32.2. The van der Waals surface area contributed by atoms with Gasteiger partial charge in [-0.2, -0.15) is 0 Å². The number of rotatable bonds is 3. The molecule has 0 radical (unpaired) electrons. The molecule has 1 amide bonds. The van der Waals surface area contributed by atoms with Gasteiger partial charge in [0.1, 0.15) is 11.7 Å². The topological polar surface area (TPSA) is 62.5 Å². The summed E-state index contributed by atoms with van der Waals surface area (Å²) >= 11 is 1.50. The van der Waals surface area contributed by atoms with Gasteiger partial charge in [0.15, 0.2) is 0 Å². The van der Waals surface area contributed by atoms with Gasteiger partial charge in [-0.25, -0.2) is 4.79 Å². The zero-order valence-corrected chi connectivity index (χ0v) is 12.1. The molecule has 0 saturated carbocycles. The lowest BCUT2D eigenvalue weighted by molar-refractivity contribution is -0.141. The Morgan fingerprint density at radius 1 is 1.47 bits per heavy atom. The standard InChI is InChI=1S/C13H18N2O3S/c1-8(2)14-6-4-5-10(14)12(16)15-9(3)19-7-11(15)13(17)18/h4-6,8-9,11H,7H2,1-3H3,(H,17,18). The quantitative estimate of drug-likeness (QED) is 0.921. The molecule has 2 atom stereocenters. The summed E-state index contributed by atoms with van der Waals surface area (Å²) in [5.74, 6) is -0.693. The number of thioether (sulfide) groups is 1. The van der Waals surface area contributed by atoms with E-state index in [4.69, 9.17) is 0 Å². The number of carboxylic acid groups (broad SMARTS) is 1. The van der Waals surface area contributed by atoms with Crippen molar-refractivity contribution in [2.24, 2.45) is 0 Å². The van der Waals surface area contributed by atoms with Crippen LogP contribution in [0, 0.1) is 0 Å². The van der Waals surface area contributed by atoms with Crippen molar-refractivity contribution in [3.8, 4) is 0 Å². The molecular formula is C13H18N2O3S. The molecule has 19 heavy (non-hydrogen) atoms. The van der Waals surface area contributed by atoms with Crippen molar-refractivity contribution in [1.82, 2.24) is 9.47 Å². The van der Waals surface area contributed by atoms with Crippen LogP contribution in [0.5, 0.6) is 0 Å². The fourth-order valence-electron chi connectivity index (χ4n) is 2.30. The Morgan fingerprint density at radius 2 is 2.16 bits per heavy atom. The second kappa shape index (κ2) is 5.28. The van der Waals surface area contributed by atoms with Gasteiger partial charge in [0.05, 0.1) is 5.37 Å². The molecule has 2 heterocycles. The molecule has 1 aliphatic heterocycles.